The number of para-hydroxylation sites is 2. The number of hydrogen-bond acceptors (Lipinski definition) is 4. The monoisotopic (exact) mass is 766 g/mol. The van der Waals surface area contributed by atoms with Crippen LogP contribution in [0.1, 0.15) is 101 Å². The Morgan fingerprint density at radius 2 is 0.966 bits per heavy atom. The molecule has 7 aromatic rings. The summed E-state index contributed by atoms with van der Waals surface area (Å²) in [4.78, 5) is 15.4. The molecule has 2 aliphatic carbocycles. The van der Waals surface area contributed by atoms with Crippen molar-refractivity contribution >= 4 is 21.8 Å². The lowest BCUT2D eigenvalue weighted by Gasteiger charge is -2.24. The van der Waals surface area contributed by atoms with Crippen LogP contribution in [0.25, 0.3) is 61.7 Å². The van der Waals surface area contributed by atoms with Gasteiger partial charge in [0, 0.05) is 29.0 Å². The molecule has 2 unspecified atom stereocenters. The highest BCUT2D eigenvalue weighted by Gasteiger charge is 2.21. The van der Waals surface area contributed by atoms with Crippen molar-refractivity contribution in [3.05, 3.63) is 132 Å². The number of aromatic nitrogens is 4. The summed E-state index contributed by atoms with van der Waals surface area (Å²) >= 11 is 0. The van der Waals surface area contributed by atoms with Gasteiger partial charge in [-0.1, -0.05) is 186 Å². The Morgan fingerprint density at radius 3 is 1.64 bits per heavy atom. The first-order valence-electron chi connectivity index (χ1n) is 22.3. The number of ether oxygens (including phenoxy) is 1. The molecule has 0 bridgehead atoms. The lowest BCUT2D eigenvalue weighted by Crippen LogP contribution is -2.12. The molecule has 0 aliphatic heterocycles. The third-order valence-corrected chi connectivity index (χ3v) is 13.2. The van der Waals surface area contributed by atoms with Gasteiger partial charge in [-0.2, -0.15) is 9.97 Å². The Morgan fingerprint density at radius 1 is 0.466 bits per heavy atom. The minimum atomic E-state index is 0.433. The molecule has 2 saturated carbocycles. The average Bonchev–Trinajstić information content (AvgIpc) is 3.65. The molecule has 0 saturated heterocycles. The van der Waals surface area contributed by atoms with Crippen LogP contribution >= 0.6 is 0 Å². The van der Waals surface area contributed by atoms with Crippen molar-refractivity contribution in [3.63, 3.8) is 0 Å². The standard InChI is InChI=1S/C53H58N4O/c1-58-46-23-11-10-19-39(20-16-24-46)36-45-37-44(34-33-43(45)35-38-17-6-3-2-4-7-18-38)40-29-31-42(32-30-40)52-54-51(41-21-8-5-9-22-41)55-53(56-52)57-49-27-14-12-25-47(49)48-26-13-15-28-50(48)57/h5,8-9,12-15,21-22,25-34,37-39,46H,2-4,6-7,10-11,16-20,23-24,35-36H2,1H3. The second kappa shape index (κ2) is 18.2. The second-order valence-corrected chi connectivity index (χ2v) is 17.1. The molecule has 2 aliphatic rings. The first-order valence-corrected chi connectivity index (χ1v) is 22.3. The van der Waals surface area contributed by atoms with Gasteiger partial charge in [-0.3, -0.25) is 4.57 Å². The second-order valence-electron chi connectivity index (χ2n) is 17.1. The highest BCUT2D eigenvalue weighted by Crippen LogP contribution is 2.35. The van der Waals surface area contributed by atoms with Crippen LogP contribution in [0.2, 0.25) is 0 Å². The van der Waals surface area contributed by atoms with E-state index < -0.39 is 0 Å². The Labute approximate surface area is 345 Å². The zero-order chi connectivity index (χ0) is 39.1. The van der Waals surface area contributed by atoms with E-state index in [1.165, 1.54) is 125 Å². The minimum absolute atomic E-state index is 0.433. The Bertz CT molecular complexity index is 2370. The predicted octanol–water partition coefficient (Wildman–Crippen LogP) is 13.8. The Balaban J connectivity index is 1.06. The summed E-state index contributed by atoms with van der Waals surface area (Å²) in [6.07, 6.45) is 21.5. The smallest absolute Gasteiger partial charge is 0.238 e. The quantitative estimate of drug-likeness (QED) is 0.147. The lowest BCUT2D eigenvalue weighted by molar-refractivity contribution is 0.0848. The van der Waals surface area contributed by atoms with E-state index in [9.17, 15) is 0 Å². The van der Waals surface area contributed by atoms with Crippen LogP contribution in [-0.4, -0.2) is 32.7 Å². The summed E-state index contributed by atoms with van der Waals surface area (Å²) in [5, 5.41) is 2.37. The van der Waals surface area contributed by atoms with Gasteiger partial charge in [0.1, 0.15) is 0 Å². The molecule has 5 aromatic carbocycles. The van der Waals surface area contributed by atoms with Crippen molar-refractivity contribution in [2.45, 2.75) is 109 Å². The van der Waals surface area contributed by atoms with Crippen molar-refractivity contribution in [3.8, 4) is 39.9 Å². The number of fused-ring (bicyclic) bond motifs is 3. The van der Waals surface area contributed by atoms with Gasteiger partial charge in [-0.25, -0.2) is 4.98 Å². The SMILES string of the molecule is COC1CCCCC(Cc2cc(-c3ccc(-c4nc(-c5ccccc5)nc(-n5c6ccccc6c6ccccc65)n4)cc3)ccc2CC2CCCCCCC2)CCC1. The maximum atomic E-state index is 5.83. The molecular formula is C53H58N4O. The lowest BCUT2D eigenvalue weighted by atomic mass is 9.82. The first-order chi connectivity index (χ1) is 28.7. The maximum Gasteiger partial charge on any atom is 0.238 e. The molecule has 2 heterocycles. The number of hydrogen-bond donors (Lipinski definition) is 0. The van der Waals surface area contributed by atoms with Crippen LogP contribution in [-0.2, 0) is 17.6 Å². The molecule has 0 spiro atoms. The molecule has 2 atom stereocenters. The van der Waals surface area contributed by atoms with Crippen molar-refractivity contribution in [1.82, 2.24) is 19.5 Å². The average molecular weight is 767 g/mol. The van der Waals surface area contributed by atoms with E-state index in [1.807, 2.05) is 25.3 Å². The summed E-state index contributed by atoms with van der Waals surface area (Å²) in [6, 6.07) is 43.7. The highest BCUT2D eigenvalue weighted by molar-refractivity contribution is 6.09. The van der Waals surface area contributed by atoms with Gasteiger partial charge in [0.05, 0.1) is 17.1 Å². The molecule has 0 radical (unpaired) electrons. The molecule has 9 rings (SSSR count). The van der Waals surface area contributed by atoms with E-state index in [1.54, 1.807) is 11.1 Å². The molecule has 0 N–H and O–H groups in total. The highest BCUT2D eigenvalue weighted by atomic mass is 16.5. The van der Waals surface area contributed by atoms with Crippen molar-refractivity contribution < 1.29 is 4.74 Å². The largest absolute Gasteiger partial charge is 0.381 e. The van der Waals surface area contributed by atoms with E-state index in [2.05, 4.69) is 108 Å². The van der Waals surface area contributed by atoms with Crippen LogP contribution in [0.4, 0.5) is 0 Å². The van der Waals surface area contributed by atoms with Crippen LogP contribution in [0.3, 0.4) is 0 Å². The van der Waals surface area contributed by atoms with Crippen molar-refractivity contribution in [2.75, 3.05) is 7.11 Å². The van der Waals surface area contributed by atoms with Gasteiger partial charge < -0.3 is 4.74 Å². The number of rotatable bonds is 9. The van der Waals surface area contributed by atoms with Gasteiger partial charge >= 0.3 is 0 Å². The van der Waals surface area contributed by atoms with Crippen LogP contribution < -0.4 is 0 Å². The van der Waals surface area contributed by atoms with E-state index in [0.29, 0.717) is 23.7 Å². The maximum absolute atomic E-state index is 5.83. The summed E-state index contributed by atoms with van der Waals surface area (Å²) in [5.41, 5.74) is 9.82. The molecular weight excluding hydrogens is 709 g/mol. The van der Waals surface area contributed by atoms with E-state index >= 15 is 0 Å². The number of benzene rings is 5. The molecule has 5 nitrogen and oxygen atoms in total. The van der Waals surface area contributed by atoms with Gasteiger partial charge in [0.2, 0.25) is 5.95 Å². The minimum Gasteiger partial charge on any atom is -0.381 e. The van der Waals surface area contributed by atoms with E-state index in [-0.39, 0.29) is 0 Å². The first kappa shape index (κ1) is 38.4. The van der Waals surface area contributed by atoms with Crippen LogP contribution in [0.15, 0.2) is 121 Å². The molecule has 2 fully saturated rings. The number of methoxy groups -OCH3 is 1. The fourth-order valence-corrected chi connectivity index (χ4v) is 9.99. The number of nitrogens with zero attached hydrogens (tertiary/aromatic N) is 4. The fourth-order valence-electron chi connectivity index (χ4n) is 9.99. The normalized spacial score (nSPS) is 18.6. The zero-order valence-corrected chi connectivity index (χ0v) is 34.3. The molecule has 2 aromatic heterocycles. The van der Waals surface area contributed by atoms with Gasteiger partial charge in [-0.15, -0.1) is 0 Å². The van der Waals surface area contributed by atoms with Gasteiger partial charge in [0.15, 0.2) is 11.6 Å². The van der Waals surface area contributed by atoms with Gasteiger partial charge in [0.25, 0.3) is 0 Å². The molecule has 5 heteroatoms. The van der Waals surface area contributed by atoms with E-state index in [0.717, 1.165) is 34.0 Å². The molecule has 296 valence electrons. The fraction of sp³-hybridized carbons (Fsp3) is 0.377. The van der Waals surface area contributed by atoms with Crippen LogP contribution in [0, 0.1) is 11.8 Å². The third-order valence-electron chi connectivity index (χ3n) is 13.2. The van der Waals surface area contributed by atoms with Gasteiger partial charge in [-0.05, 0) is 71.9 Å². The molecule has 58 heavy (non-hydrogen) atoms. The summed E-state index contributed by atoms with van der Waals surface area (Å²) in [6.45, 7) is 0. The zero-order valence-electron chi connectivity index (χ0n) is 34.3. The van der Waals surface area contributed by atoms with Crippen molar-refractivity contribution in [2.24, 2.45) is 11.8 Å². The predicted molar refractivity (Wildman–Crippen MR) is 240 cm³/mol. The van der Waals surface area contributed by atoms with Crippen LogP contribution in [0.5, 0.6) is 0 Å². The third kappa shape index (κ3) is 8.66. The molecule has 0 amide bonds. The summed E-state index contributed by atoms with van der Waals surface area (Å²) in [7, 11) is 1.90. The van der Waals surface area contributed by atoms with Crippen molar-refractivity contribution in [1.29, 1.82) is 0 Å². The Hall–Kier alpha value is -5.13. The summed E-state index contributed by atoms with van der Waals surface area (Å²) in [5.74, 6) is 3.50. The Kier molecular flexibility index (Phi) is 12.0. The topological polar surface area (TPSA) is 52.8 Å². The van der Waals surface area contributed by atoms with E-state index in [4.69, 9.17) is 19.7 Å². The summed E-state index contributed by atoms with van der Waals surface area (Å²) < 4.78 is 8.01.